The van der Waals surface area contributed by atoms with Crippen LogP contribution in [0.15, 0.2) is 60.8 Å². The highest BCUT2D eigenvalue weighted by Crippen LogP contribution is 2.35. The Balaban J connectivity index is 1.77. The Morgan fingerprint density at radius 1 is 1.03 bits per heavy atom. The Morgan fingerprint density at radius 3 is 2.48 bits per heavy atom. The first-order valence-electron chi connectivity index (χ1n) is 10.0. The molecule has 3 aromatic rings. The summed E-state index contributed by atoms with van der Waals surface area (Å²) in [6.45, 7) is 8.50. The van der Waals surface area contributed by atoms with Gasteiger partial charge in [-0.3, -0.25) is 0 Å². The van der Waals surface area contributed by atoms with Gasteiger partial charge in [-0.2, -0.15) is 0 Å². The van der Waals surface area contributed by atoms with Gasteiger partial charge in [-0.25, -0.2) is 14.2 Å². The maximum absolute atomic E-state index is 14.2. The fourth-order valence-corrected chi connectivity index (χ4v) is 2.98. The van der Waals surface area contributed by atoms with Crippen LogP contribution in [0.4, 0.5) is 20.6 Å². The number of carbonyl (C=O) groups excluding carboxylic acids is 1. The summed E-state index contributed by atoms with van der Waals surface area (Å²) in [5.41, 5.74) is 1.26. The number of nitrogens with one attached hydrogen (secondary N) is 2. The molecule has 3 rings (SSSR count). The van der Waals surface area contributed by atoms with Crippen LogP contribution in [0.5, 0.6) is 17.4 Å². The third-order valence-corrected chi connectivity index (χ3v) is 4.42. The van der Waals surface area contributed by atoms with Crippen LogP contribution in [0.3, 0.4) is 0 Å². The summed E-state index contributed by atoms with van der Waals surface area (Å²) >= 11 is 0. The van der Waals surface area contributed by atoms with E-state index >= 15 is 0 Å². The predicted octanol–water partition coefficient (Wildman–Crippen LogP) is 6.35. The van der Waals surface area contributed by atoms with Crippen LogP contribution in [-0.4, -0.2) is 17.6 Å². The molecular weight excluding hydrogens is 397 g/mol. The van der Waals surface area contributed by atoms with Crippen molar-refractivity contribution in [2.24, 2.45) is 0 Å². The van der Waals surface area contributed by atoms with E-state index in [4.69, 9.17) is 9.47 Å². The van der Waals surface area contributed by atoms with Crippen molar-refractivity contribution in [1.82, 2.24) is 4.98 Å². The highest BCUT2D eigenvalue weighted by molar-refractivity contribution is 6.00. The van der Waals surface area contributed by atoms with Crippen LogP contribution >= 0.6 is 0 Å². The highest BCUT2D eigenvalue weighted by Gasteiger charge is 2.20. The summed E-state index contributed by atoms with van der Waals surface area (Å²) in [6.07, 6.45) is 1.57. The average Bonchev–Trinajstić information content (AvgIpc) is 2.71. The van der Waals surface area contributed by atoms with Gasteiger partial charge in [0, 0.05) is 17.8 Å². The molecule has 0 saturated heterocycles. The number of benzene rings is 2. The van der Waals surface area contributed by atoms with Crippen LogP contribution < -0.4 is 20.1 Å². The molecule has 0 aliphatic carbocycles. The van der Waals surface area contributed by atoms with E-state index in [1.54, 1.807) is 24.4 Å². The van der Waals surface area contributed by atoms with E-state index in [0.29, 0.717) is 23.8 Å². The number of pyridine rings is 1. The number of hydrogen-bond donors (Lipinski definition) is 2. The van der Waals surface area contributed by atoms with Gasteiger partial charge in [-0.1, -0.05) is 39.0 Å². The van der Waals surface area contributed by atoms with Crippen molar-refractivity contribution in [2.45, 2.75) is 33.1 Å². The van der Waals surface area contributed by atoms with Gasteiger partial charge in [0.25, 0.3) is 0 Å². The molecule has 0 aliphatic rings. The number of aromatic nitrogens is 1. The largest absolute Gasteiger partial charge is 0.494 e. The van der Waals surface area contributed by atoms with E-state index in [-0.39, 0.29) is 17.0 Å². The van der Waals surface area contributed by atoms with Crippen molar-refractivity contribution in [2.75, 3.05) is 17.2 Å². The molecule has 162 valence electrons. The molecular formula is C24H26FN3O3. The molecule has 2 N–H and O–H groups in total. The summed E-state index contributed by atoms with van der Waals surface area (Å²) in [6, 6.07) is 14.6. The molecule has 0 aliphatic heterocycles. The predicted molar refractivity (Wildman–Crippen MR) is 120 cm³/mol. The van der Waals surface area contributed by atoms with E-state index < -0.39 is 11.8 Å². The first-order chi connectivity index (χ1) is 14.8. The van der Waals surface area contributed by atoms with Gasteiger partial charge in [-0.15, -0.1) is 0 Å². The number of carbonyl (C=O) groups is 1. The molecule has 0 atom stereocenters. The number of nitrogens with zero attached hydrogens (tertiary/aromatic N) is 1. The topological polar surface area (TPSA) is 72.5 Å². The second kappa shape index (κ2) is 9.47. The van der Waals surface area contributed by atoms with E-state index in [9.17, 15) is 9.18 Å². The molecule has 2 amide bonds. The quantitative estimate of drug-likeness (QED) is 0.484. The van der Waals surface area contributed by atoms with Gasteiger partial charge in [0.1, 0.15) is 23.0 Å². The minimum atomic E-state index is -0.620. The highest BCUT2D eigenvalue weighted by atomic mass is 19.1. The zero-order valence-corrected chi connectivity index (χ0v) is 18.0. The summed E-state index contributed by atoms with van der Waals surface area (Å²) in [4.78, 5) is 16.7. The number of rotatable bonds is 6. The summed E-state index contributed by atoms with van der Waals surface area (Å²) < 4.78 is 25.5. The van der Waals surface area contributed by atoms with Crippen LogP contribution in [0.25, 0.3) is 0 Å². The second-order valence-electron chi connectivity index (χ2n) is 7.86. The first-order valence-corrected chi connectivity index (χ1v) is 10.0. The molecule has 0 fully saturated rings. The van der Waals surface area contributed by atoms with Gasteiger partial charge in [0.05, 0.1) is 12.3 Å². The van der Waals surface area contributed by atoms with Gasteiger partial charge in [-0.05, 0) is 42.7 Å². The molecule has 2 aromatic carbocycles. The number of amides is 2. The minimum Gasteiger partial charge on any atom is -0.494 e. The van der Waals surface area contributed by atoms with Crippen molar-refractivity contribution in [3.05, 3.63) is 72.2 Å². The number of hydrogen-bond acceptors (Lipinski definition) is 4. The Labute approximate surface area is 181 Å². The van der Waals surface area contributed by atoms with Crippen LogP contribution in [0.2, 0.25) is 0 Å². The number of urea groups is 1. The number of halogens is 1. The van der Waals surface area contributed by atoms with E-state index in [1.807, 2.05) is 31.2 Å². The average molecular weight is 423 g/mol. The fraction of sp³-hybridized carbons (Fsp3) is 0.250. The number of anilines is 2. The van der Waals surface area contributed by atoms with Crippen molar-refractivity contribution in [3.63, 3.8) is 0 Å². The van der Waals surface area contributed by atoms with Gasteiger partial charge < -0.3 is 20.1 Å². The van der Waals surface area contributed by atoms with Crippen molar-refractivity contribution in [3.8, 4) is 17.4 Å². The molecule has 0 bridgehead atoms. The van der Waals surface area contributed by atoms with Crippen LogP contribution in [0.1, 0.15) is 33.3 Å². The Bertz CT molecular complexity index is 1060. The molecule has 0 saturated carbocycles. The maximum Gasteiger partial charge on any atom is 0.323 e. The minimum absolute atomic E-state index is 0.0328. The second-order valence-corrected chi connectivity index (χ2v) is 7.86. The molecule has 7 heteroatoms. The third-order valence-electron chi connectivity index (χ3n) is 4.42. The molecule has 0 radical (unpaired) electrons. The number of ether oxygens (including phenoxy) is 2. The summed E-state index contributed by atoms with van der Waals surface area (Å²) in [7, 11) is 0. The van der Waals surface area contributed by atoms with Crippen molar-refractivity contribution >= 4 is 17.4 Å². The lowest BCUT2D eigenvalue weighted by Gasteiger charge is -2.22. The lowest BCUT2D eigenvalue weighted by molar-refractivity contribution is 0.262. The smallest absolute Gasteiger partial charge is 0.323 e. The summed E-state index contributed by atoms with van der Waals surface area (Å²) in [5, 5.41) is 5.16. The van der Waals surface area contributed by atoms with E-state index in [1.165, 1.54) is 12.1 Å². The van der Waals surface area contributed by atoms with Gasteiger partial charge in [0.2, 0.25) is 5.88 Å². The zero-order valence-electron chi connectivity index (χ0n) is 18.0. The van der Waals surface area contributed by atoms with Crippen LogP contribution in [-0.2, 0) is 5.41 Å². The standard InChI is InChI=1S/C24H26FN3O3/c1-5-30-16-12-13-19(18(25)15-16)27-23(29)28-20-10-8-14-26-22(20)31-21-11-7-6-9-17(21)24(2,3)4/h6-15H,5H2,1-4H3,(H2,27,28,29). The van der Waals surface area contributed by atoms with Crippen molar-refractivity contribution in [1.29, 1.82) is 0 Å². The van der Waals surface area contributed by atoms with E-state index in [2.05, 4.69) is 36.4 Å². The molecule has 1 heterocycles. The molecule has 6 nitrogen and oxygen atoms in total. The Kier molecular flexibility index (Phi) is 6.74. The first kappa shape index (κ1) is 22.1. The Morgan fingerprint density at radius 2 is 1.77 bits per heavy atom. The Hall–Kier alpha value is -3.61. The lowest BCUT2D eigenvalue weighted by Crippen LogP contribution is -2.20. The zero-order chi connectivity index (χ0) is 22.4. The molecule has 0 unspecified atom stereocenters. The lowest BCUT2D eigenvalue weighted by atomic mass is 9.86. The maximum atomic E-state index is 14.2. The molecule has 31 heavy (non-hydrogen) atoms. The van der Waals surface area contributed by atoms with Gasteiger partial charge in [0.15, 0.2) is 0 Å². The normalized spacial score (nSPS) is 11.0. The summed E-state index contributed by atoms with van der Waals surface area (Å²) in [5.74, 6) is 0.686. The SMILES string of the molecule is CCOc1ccc(NC(=O)Nc2cccnc2Oc2ccccc2C(C)(C)C)c(F)c1. The third kappa shape index (κ3) is 5.72. The molecule has 0 spiro atoms. The van der Waals surface area contributed by atoms with Crippen molar-refractivity contribution < 1.29 is 18.7 Å². The molecule has 1 aromatic heterocycles. The van der Waals surface area contributed by atoms with E-state index in [0.717, 1.165) is 5.56 Å². The number of para-hydroxylation sites is 1. The fourth-order valence-electron chi connectivity index (χ4n) is 2.98. The monoisotopic (exact) mass is 423 g/mol. The van der Waals surface area contributed by atoms with Crippen LogP contribution in [0, 0.1) is 5.82 Å². The van der Waals surface area contributed by atoms with Gasteiger partial charge >= 0.3 is 6.03 Å².